The molecule has 7 nitrogen and oxygen atoms in total. The van der Waals surface area contributed by atoms with Crippen LogP contribution in [0.1, 0.15) is 23.6 Å². The third kappa shape index (κ3) is 3.98. The van der Waals surface area contributed by atoms with Crippen molar-refractivity contribution in [3.05, 3.63) is 59.2 Å². The van der Waals surface area contributed by atoms with Crippen molar-refractivity contribution in [1.29, 1.82) is 0 Å². The van der Waals surface area contributed by atoms with Crippen molar-refractivity contribution in [1.82, 2.24) is 10.2 Å². The molecule has 29 heavy (non-hydrogen) atoms. The summed E-state index contributed by atoms with van der Waals surface area (Å²) in [6.07, 6.45) is 1.12. The van der Waals surface area contributed by atoms with E-state index in [1.54, 1.807) is 19.1 Å². The van der Waals surface area contributed by atoms with Crippen molar-refractivity contribution in [2.45, 2.75) is 31.2 Å². The first kappa shape index (κ1) is 20.9. The second kappa shape index (κ2) is 7.51. The number of carbonyl (C=O) groups excluding carboxylic acids is 2. The zero-order chi connectivity index (χ0) is 21.4. The molecule has 8 heteroatoms. The number of para-hydroxylation sites is 1. The van der Waals surface area contributed by atoms with Gasteiger partial charge in [-0.2, -0.15) is 0 Å². The lowest BCUT2D eigenvalue weighted by molar-refractivity contribution is -0.131. The number of aryl methyl sites for hydroxylation is 2. The Morgan fingerprint density at radius 3 is 2.17 bits per heavy atom. The van der Waals surface area contributed by atoms with Crippen LogP contribution in [-0.4, -0.2) is 44.7 Å². The minimum Gasteiger partial charge on any atom is -0.491 e. The van der Waals surface area contributed by atoms with Crippen LogP contribution in [0.5, 0.6) is 5.75 Å². The smallest absolute Gasteiger partial charge is 0.325 e. The van der Waals surface area contributed by atoms with Gasteiger partial charge >= 0.3 is 6.03 Å². The van der Waals surface area contributed by atoms with E-state index in [4.69, 9.17) is 4.74 Å². The molecular weight excluding hydrogens is 392 g/mol. The molecule has 1 saturated heterocycles. The van der Waals surface area contributed by atoms with Gasteiger partial charge in [0.1, 0.15) is 17.9 Å². The number of urea groups is 1. The fourth-order valence-corrected chi connectivity index (χ4v) is 4.03. The predicted molar refractivity (Wildman–Crippen MR) is 109 cm³/mol. The molecular formula is C21H24N2O5S. The van der Waals surface area contributed by atoms with Crippen molar-refractivity contribution in [3.63, 3.8) is 0 Å². The van der Waals surface area contributed by atoms with Gasteiger partial charge in [0.05, 0.1) is 11.4 Å². The van der Waals surface area contributed by atoms with E-state index in [1.807, 2.05) is 32.0 Å². The third-order valence-corrected chi connectivity index (χ3v) is 6.23. The average Bonchev–Trinajstić information content (AvgIpc) is 2.87. The molecule has 0 aliphatic carbocycles. The number of nitrogens with zero attached hydrogens (tertiary/aromatic N) is 1. The largest absolute Gasteiger partial charge is 0.491 e. The molecule has 1 fully saturated rings. The molecule has 0 aromatic heterocycles. The van der Waals surface area contributed by atoms with E-state index in [0.717, 1.165) is 28.0 Å². The number of imide groups is 1. The van der Waals surface area contributed by atoms with Crippen molar-refractivity contribution < 1.29 is 22.7 Å². The van der Waals surface area contributed by atoms with Gasteiger partial charge in [0, 0.05) is 6.26 Å². The monoisotopic (exact) mass is 416 g/mol. The van der Waals surface area contributed by atoms with Gasteiger partial charge in [-0.05, 0) is 49.6 Å². The molecule has 1 atom stereocenters. The predicted octanol–water partition coefficient (Wildman–Crippen LogP) is 2.55. The summed E-state index contributed by atoms with van der Waals surface area (Å²) in [6, 6.07) is 11.3. The van der Waals surface area contributed by atoms with Crippen LogP contribution in [0.3, 0.4) is 0 Å². The Morgan fingerprint density at radius 1 is 1.03 bits per heavy atom. The van der Waals surface area contributed by atoms with Crippen LogP contribution < -0.4 is 10.1 Å². The maximum absolute atomic E-state index is 13.0. The van der Waals surface area contributed by atoms with Gasteiger partial charge in [0.2, 0.25) is 0 Å². The van der Waals surface area contributed by atoms with Crippen LogP contribution in [0.25, 0.3) is 0 Å². The highest BCUT2D eigenvalue weighted by molar-refractivity contribution is 7.90. The summed E-state index contributed by atoms with van der Waals surface area (Å²) in [5, 5.41) is 2.71. The fourth-order valence-electron chi connectivity index (χ4n) is 3.40. The second-order valence-electron chi connectivity index (χ2n) is 7.38. The van der Waals surface area contributed by atoms with E-state index in [-0.39, 0.29) is 18.0 Å². The average molecular weight is 416 g/mol. The topological polar surface area (TPSA) is 92.8 Å². The molecule has 0 saturated carbocycles. The number of hydrogen-bond acceptors (Lipinski definition) is 5. The molecule has 2 aromatic carbocycles. The number of amides is 3. The fraction of sp³-hybridized carbons (Fsp3) is 0.333. The summed E-state index contributed by atoms with van der Waals surface area (Å²) >= 11 is 0. The van der Waals surface area contributed by atoms with E-state index >= 15 is 0 Å². The Kier molecular flexibility index (Phi) is 5.40. The Labute approximate surface area is 170 Å². The minimum atomic E-state index is -3.34. The SMILES string of the molecule is Cc1cccc(C)c1OCCN1C(=O)N[C@@](C)(c2ccc(S(C)(=O)=O)cc2)C1=O. The first-order valence-corrected chi connectivity index (χ1v) is 11.1. The maximum atomic E-state index is 13.0. The van der Waals surface area contributed by atoms with Crippen molar-refractivity contribution in [2.24, 2.45) is 0 Å². The van der Waals surface area contributed by atoms with E-state index < -0.39 is 27.3 Å². The van der Waals surface area contributed by atoms with Gasteiger partial charge < -0.3 is 10.1 Å². The number of sulfone groups is 1. The third-order valence-electron chi connectivity index (χ3n) is 5.10. The number of nitrogens with one attached hydrogen (secondary N) is 1. The first-order chi connectivity index (χ1) is 13.5. The Bertz CT molecular complexity index is 1040. The van der Waals surface area contributed by atoms with E-state index in [1.165, 1.54) is 12.1 Å². The molecule has 154 valence electrons. The lowest BCUT2D eigenvalue weighted by Gasteiger charge is -2.22. The molecule has 2 aromatic rings. The maximum Gasteiger partial charge on any atom is 0.325 e. The summed E-state index contributed by atoms with van der Waals surface area (Å²) in [5.74, 6) is 0.346. The van der Waals surface area contributed by atoms with Crippen LogP contribution >= 0.6 is 0 Å². The number of ether oxygens (including phenoxy) is 1. The van der Waals surface area contributed by atoms with Gasteiger partial charge in [0.15, 0.2) is 9.84 Å². The lowest BCUT2D eigenvalue weighted by atomic mass is 9.92. The van der Waals surface area contributed by atoms with E-state index in [2.05, 4.69) is 5.32 Å². The molecule has 0 radical (unpaired) electrons. The number of benzene rings is 2. The first-order valence-electron chi connectivity index (χ1n) is 9.18. The van der Waals surface area contributed by atoms with Gasteiger partial charge in [-0.15, -0.1) is 0 Å². The van der Waals surface area contributed by atoms with Crippen LogP contribution in [0.2, 0.25) is 0 Å². The highest BCUT2D eigenvalue weighted by Gasteiger charge is 2.48. The van der Waals surface area contributed by atoms with Gasteiger partial charge in [-0.1, -0.05) is 30.3 Å². The van der Waals surface area contributed by atoms with Crippen LogP contribution in [0, 0.1) is 13.8 Å². The molecule has 1 aliphatic heterocycles. The quantitative estimate of drug-likeness (QED) is 0.731. The Morgan fingerprint density at radius 2 is 1.62 bits per heavy atom. The number of hydrogen-bond donors (Lipinski definition) is 1. The zero-order valence-electron chi connectivity index (χ0n) is 16.9. The van der Waals surface area contributed by atoms with Crippen LogP contribution in [-0.2, 0) is 20.2 Å². The molecule has 1 N–H and O–H groups in total. The Hall–Kier alpha value is -2.87. The second-order valence-corrected chi connectivity index (χ2v) is 9.39. The van der Waals surface area contributed by atoms with Gasteiger partial charge in [-0.3, -0.25) is 9.69 Å². The van der Waals surface area contributed by atoms with Gasteiger partial charge in [-0.25, -0.2) is 13.2 Å². The minimum absolute atomic E-state index is 0.107. The number of rotatable bonds is 6. The molecule has 0 spiro atoms. The molecule has 0 unspecified atom stereocenters. The summed E-state index contributed by atoms with van der Waals surface area (Å²) in [5.41, 5.74) is 1.23. The molecule has 0 bridgehead atoms. The summed E-state index contributed by atoms with van der Waals surface area (Å²) < 4.78 is 29.1. The molecule has 3 rings (SSSR count). The summed E-state index contributed by atoms with van der Waals surface area (Å²) in [7, 11) is -3.34. The number of carbonyl (C=O) groups is 2. The Balaban J connectivity index is 1.73. The van der Waals surface area contributed by atoms with Crippen molar-refractivity contribution in [2.75, 3.05) is 19.4 Å². The standard InChI is InChI=1S/C21H24N2O5S/c1-14-6-5-7-15(2)18(14)28-13-12-23-19(24)21(3,22-20(23)25)16-8-10-17(11-9-16)29(4,26)27/h5-11H,12-13H2,1-4H3,(H,22,25)/t21-/m0/s1. The molecule has 1 aliphatic rings. The van der Waals surface area contributed by atoms with Crippen molar-refractivity contribution in [3.8, 4) is 5.75 Å². The lowest BCUT2D eigenvalue weighted by Crippen LogP contribution is -2.41. The van der Waals surface area contributed by atoms with Crippen LogP contribution in [0.4, 0.5) is 4.79 Å². The molecule has 1 heterocycles. The van der Waals surface area contributed by atoms with Gasteiger partial charge in [0.25, 0.3) is 5.91 Å². The normalized spacial score (nSPS) is 19.4. The zero-order valence-corrected chi connectivity index (χ0v) is 17.7. The summed E-state index contributed by atoms with van der Waals surface area (Å²) in [4.78, 5) is 26.7. The summed E-state index contributed by atoms with van der Waals surface area (Å²) in [6.45, 7) is 5.76. The highest BCUT2D eigenvalue weighted by atomic mass is 32.2. The van der Waals surface area contributed by atoms with Crippen molar-refractivity contribution >= 4 is 21.8 Å². The van der Waals surface area contributed by atoms with E-state index in [9.17, 15) is 18.0 Å². The van der Waals surface area contributed by atoms with E-state index in [0.29, 0.717) is 5.56 Å². The van der Waals surface area contributed by atoms with Crippen LogP contribution in [0.15, 0.2) is 47.4 Å². The highest BCUT2D eigenvalue weighted by Crippen LogP contribution is 2.30. The molecule has 3 amide bonds.